The minimum Gasteiger partial charge on any atom is -0.395 e. The predicted molar refractivity (Wildman–Crippen MR) is 125 cm³/mol. The molecule has 0 saturated carbocycles. The van der Waals surface area contributed by atoms with Gasteiger partial charge in [-0.25, -0.2) is 0 Å². The molecule has 0 aliphatic carbocycles. The summed E-state index contributed by atoms with van der Waals surface area (Å²) >= 11 is 12.0. The average molecular weight is 507 g/mol. The molecule has 0 aromatic rings. The van der Waals surface area contributed by atoms with Crippen molar-refractivity contribution in [1.82, 2.24) is 21.3 Å². The van der Waals surface area contributed by atoms with Crippen LogP contribution in [0, 0.1) is 16.7 Å². The summed E-state index contributed by atoms with van der Waals surface area (Å²) in [6, 6.07) is 0. The van der Waals surface area contributed by atoms with Crippen LogP contribution in [-0.4, -0.2) is 58.9 Å². The zero-order chi connectivity index (χ0) is 24.9. The molecule has 3 atom stereocenters. The van der Waals surface area contributed by atoms with Gasteiger partial charge >= 0.3 is 0 Å². The van der Waals surface area contributed by atoms with Crippen molar-refractivity contribution in [3.05, 3.63) is 0 Å². The maximum Gasteiger partial charge on any atom is 0.230 e. The van der Waals surface area contributed by atoms with Gasteiger partial charge in [0.15, 0.2) is 0 Å². The standard InChI is InChI=1S/C22H36Cl2N4O5/c1-20(2,13-29)18(32)26-15-8-6-7-14(17(31)25-15)22(10-5-4-9-16(30)27-22)28-19(33)21(3,11-23)12-24/h14-15,29H,4-13H2,1-3H3,(H,25,31)(H,26,32)(H,27,30)(H,28,33)/t14?,15-,22-/m0/s1. The normalized spacial score (nSPS) is 27.0. The molecule has 9 nitrogen and oxygen atoms in total. The van der Waals surface area contributed by atoms with Crippen LogP contribution in [0.15, 0.2) is 0 Å². The van der Waals surface area contributed by atoms with E-state index in [4.69, 9.17) is 23.2 Å². The Morgan fingerprint density at radius 3 is 2.36 bits per heavy atom. The fraction of sp³-hybridized carbons (Fsp3) is 0.818. The van der Waals surface area contributed by atoms with E-state index in [0.29, 0.717) is 44.9 Å². The molecule has 2 rings (SSSR count). The molecular formula is C22H36Cl2N4O5. The van der Waals surface area contributed by atoms with Gasteiger partial charge in [-0.05, 0) is 59.3 Å². The molecule has 188 valence electrons. The first kappa shape index (κ1) is 27.7. The van der Waals surface area contributed by atoms with E-state index in [9.17, 15) is 24.3 Å². The van der Waals surface area contributed by atoms with Crippen molar-refractivity contribution in [2.45, 2.75) is 77.5 Å². The van der Waals surface area contributed by atoms with Crippen molar-refractivity contribution in [3.63, 3.8) is 0 Å². The van der Waals surface area contributed by atoms with Gasteiger partial charge in [0.2, 0.25) is 23.6 Å². The fourth-order valence-corrected chi connectivity index (χ4v) is 4.55. The van der Waals surface area contributed by atoms with E-state index < -0.39 is 34.5 Å². The van der Waals surface area contributed by atoms with Crippen LogP contribution in [0.5, 0.6) is 0 Å². The second-order valence-corrected chi connectivity index (χ2v) is 10.6. The topological polar surface area (TPSA) is 137 Å². The Morgan fingerprint density at radius 2 is 1.76 bits per heavy atom. The van der Waals surface area contributed by atoms with Crippen LogP contribution in [0.2, 0.25) is 0 Å². The zero-order valence-corrected chi connectivity index (χ0v) is 21.1. The van der Waals surface area contributed by atoms with Gasteiger partial charge in [0.05, 0.1) is 23.4 Å². The number of amides is 4. The molecule has 2 aliphatic rings. The van der Waals surface area contributed by atoms with Gasteiger partial charge in [0.25, 0.3) is 0 Å². The second-order valence-electron chi connectivity index (χ2n) is 10.1. The van der Waals surface area contributed by atoms with Crippen molar-refractivity contribution < 1.29 is 24.3 Å². The molecule has 0 aromatic heterocycles. The molecule has 2 aliphatic heterocycles. The molecule has 2 fully saturated rings. The van der Waals surface area contributed by atoms with Gasteiger partial charge in [-0.2, -0.15) is 0 Å². The summed E-state index contributed by atoms with van der Waals surface area (Å²) in [4.78, 5) is 51.5. The maximum absolute atomic E-state index is 13.4. The smallest absolute Gasteiger partial charge is 0.230 e. The van der Waals surface area contributed by atoms with Gasteiger partial charge < -0.3 is 26.4 Å². The lowest BCUT2D eigenvalue weighted by molar-refractivity contribution is -0.137. The first-order chi connectivity index (χ1) is 15.4. The quantitative estimate of drug-likeness (QED) is 0.316. The first-order valence-corrected chi connectivity index (χ1v) is 12.5. The molecule has 2 heterocycles. The third-order valence-corrected chi connectivity index (χ3v) is 7.77. The Bertz CT molecular complexity index is 759. The Labute approximate surface area is 205 Å². The summed E-state index contributed by atoms with van der Waals surface area (Å²) in [5.41, 5.74) is -3.34. The summed E-state index contributed by atoms with van der Waals surface area (Å²) in [6.07, 6.45) is 2.83. The predicted octanol–water partition coefficient (Wildman–Crippen LogP) is 1.35. The molecule has 0 aromatic carbocycles. The number of hydrogen-bond acceptors (Lipinski definition) is 5. The van der Waals surface area contributed by atoms with Crippen LogP contribution in [0.3, 0.4) is 0 Å². The molecule has 0 spiro atoms. The first-order valence-electron chi connectivity index (χ1n) is 11.4. The SMILES string of the molecule is CC(C)(CO)C(=O)N[C@H]1CCCC([C@@]2(NC(=O)C(C)(CCl)CCl)CCCCC(=O)N2)C(=O)N1. The molecule has 5 N–H and O–H groups in total. The monoisotopic (exact) mass is 506 g/mol. The van der Waals surface area contributed by atoms with Gasteiger partial charge in [-0.1, -0.05) is 0 Å². The Balaban J connectivity index is 2.30. The summed E-state index contributed by atoms with van der Waals surface area (Å²) < 4.78 is 0. The van der Waals surface area contributed by atoms with E-state index in [1.54, 1.807) is 20.8 Å². The van der Waals surface area contributed by atoms with Crippen molar-refractivity contribution in [1.29, 1.82) is 0 Å². The lowest BCUT2D eigenvalue weighted by Gasteiger charge is -2.42. The van der Waals surface area contributed by atoms with Gasteiger partial charge in [-0.3, -0.25) is 19.2 Å². The lowest BCUT2D eigenvalue weighted by atomic mass is 9.82. The van der Waals surface area contributed by atoms with Crippen molar-refractivity contribution in [2.75, 3.05) is 18.4 Å². The van der Waals surface area contributed by atoms with Crippen molar-refractivity contribution in [3.8, 4) is 0 Å². The van der Waals surface area contributed by atoms with Gasteiger partial charge in [0.1, 0.15) is 11.8 Å². The van der Waals surface area contributed by atoms with E-state index in [1.807, 2.05) is 0 Å². The molecule has 11 heteroatoms. The number of carbonyl (C=O) groups is 4. The molecule has 2 saturated heterocycles. The Hall–Kier alpha value is -1.58. The van der Waals surface area contributed by atoms with E-state index in [0.717, 1.165) is 0 Å². The van der Waals surface area contributed by atoms with Crippen LogP contribution >= 0.6 is 23.2 Å². The number of rotatable bonds is 8. The number of halogens is 2. The second kappa shape index (κ2) is 11.2. The van der Waals surface area contributed by atoms with Crippen LogP contribution in [0.1, 0.15) is 65.7 Å². The van der Waals surface area contributed by atoms with E-state index >= 15 is 0 Å². The number of aliphatic hydroxyl groups is 1. The molecule has 0 bridgehead atoms. The van der Waals surface area contributed by atoms with E-state index in [2.05, 4.69) is 21.3 Å². The molecule has 4 amide bonds. The van der Waals surface area contributed by atoms with E-state index in [-0.39, 0.29) is 36.1 Å². The molecule has 1 unspecified atom stereocenters. The van der Waals surface area contributed by atoms with Crippen LogP contribution in [-0.2, 0) is 19.2 Å². The number of hydrogen-bond donors (Lipinski definition) is 5. The van der Waals surface area contributed by atoms with Crippen LogP contribution in [0.25, 0.3) is 0 Å². The number of nitrogens with one attached hydrogen (secondary N) is 4. The summed E-state index contributed by atoms with van der Waals surface area (Å²) in [5.74, 6) is -2.19. The highest BCUT2D eigenvalue weighted by Crippen LogP contribution is 2.33. The van der Waals surface area contributed by atoms with Crippen molar-refractivity contribution >= 4 is 46.8 Å². The Morgan fingerprint density at radius 1 is 1.09 bits per heavy atom. The highest BCUT2D eigenvalue weighted by molar-refractivity contribution is 6.24. The van der Waals surface area contributed by atoms with Crippen LogP contribution in [0.4, 0.5) is 0 Å². The molecular weight excluding hydrogens is 471 g/mol. The van der Waals surface area contributed by atoms with Crippen molar-refractivity contribution in [2.24, 2.45) is 16.7 Å². The fourth-order valence-electron chi connectivity index (χ4n) is 4.02. The molecule has 0 radical (unpaired) electrons. The summed E-state index contributed by atoms with van der Waals surface area (Å²) in [6.45, 7) is 4.53. The highest BCUT2D eigenvalue weighted by atomic mass is 35.5. The number of alkyl halides is 2. The third kappa shape index (κ3) is 6.51. The Kier molecular flexibility index (Phi) is 9.41. The minimum absolute atomic E-state index is 0.0159. The largest absolute Gasteiger partial charge is 0.395 e. The average Bonchev–Trinajstić information content (AvgIpc) is 3.08. The summed E-state index contributed by atoms with van der Waals surface area (Å²) in [7, 11) is 0. The minimum atomic E-state index is -1.28. The van der Waals surface area contributed by atoms with E-state index in [1.165, 1.54) is 0 Å². The van der Waals surface area contributed by atoms with Crippen LogP contribution < -0.4 is 21.3 Å². The zero-order valence-electron chi connectivity index (χ0n) is 19.6. The van der Waals surface area contributed by atoms with Gasteiger partial charge in [-0.15, -0.1) is 23.2 Å². The van der Waals surface area contributed by atoms with Gasteiger partial charge in [0, 0.05) is 18.2 Å². The lowest BCUT2D eigenvalue weighted by Crippen LogP contribution is -2.69. The number of aliphatic hydroxyl groups excluding tert-OH is 1. The highest BCUT2D eigenvalue weighted by Gasteiger charge is 2.49. The third-order valence-electron chi connectivity index (χ3n) is 6.59. The number of carbonyl (C=O) groups excluding carboxylic acids is 4. The molecule has 33 heavy (non-hydrogen) atoms. The summed E-state index contributed by atoms with van der Waals surface area (Å²) in [5, 5.41) is 20.9. The maximum atomic E-state index is 13.4.